The molecule has 1 aliphatic rings. The fraction of sp³-hybridized carbons (Fsp3) is 0.500. The van der Waals surface area contributed by atoms with Crippen LogP contribution in [0.3, 0.4) is 0 Å². The van der Waals surface area contributed by atoms with Crippen LogP contribution < -0.4 is 10.9 Å². The minimum Gasteiger partial charge on any atom is -0.385 e. The number of hydrogen-bond donors (Lipinski definition) is 1. The van der Waals surface area contributed by atoms with Crippen LogP contribution in [0.2, 0.25) is 0 Å². The lowest BCUT2D eigenvalue weighted by Gasteiger charge is -2.22. The van der Waals surface area contributed by atoms with Gasteiger partial charge < -0.3 is 10.1 Å². The number of benzene rings is 1. The van der Waals surface area contributed by atoms with E-state index in [4.69, 9.17) is 9.72 Å². The molecule has 1 aromatic carbocycles. The van der Waals surface area contributed by atoms with Gasteiger partial charge in [-0.05, 0) is 25.3 Å². The number of thiophene rings is 1. The van der Waals surface area contributed by atoms with Crippen molar-refractivity contribution >= 4 is 49.3 Å². The number of methoxy groups -OCH3 is 1. The third-order valence-corrected chi connectivity index (χ3v) is 7.60. The minimum atomic E-state index is -0.0347. The van der Waals surface area contributed by atoms with Crippen molar-refractivity contribution in [3.63, 3.8) is 0 Å². The first-order chi connectivity index (χ1) is 14.7. The maximum absolute atomic E-state index is 13.3. The van der Waals surface area contributed by atoms with E-state index in [1.54, 1.807) is 11.7 Å². The largest absolute Gasteiger partial charge is 0.385 e. The van der Waals surface area contributed by atoms with E-state index >= 15 is 0 Å². The summed E-state index contributed by atoms with van der Waals surface area (Å²) in [6, 6.07) is 8.23. The first kappa shape index (κ1) is 21.3. The van der Waals surface area contributed by atoms with Crippen LogP contribution >= 0.6 is 23.1 Å². The Labute approximate surface area is 184 Å². The van der Waals surface area contributed by atoms with E-state index in [0.29, 0.717) is 23.0 Å². The zero-order chi connectivity index (χ0) is 20.9. The molecule has 0 unspecified atom stereocenters. The molecule has 1 aliphatic carbocycles. The van der Waals surface area contributed by atoms with E-state index in [2.05, 4.69) is 5.32 Å². The Morgan fingerprint density at radius 2 is 2.10 bits per heavy atom. The van der Waals surface area contributed by atoms with Gasteiger partial charge in [0.2, 0.25) is 5.91 Å². The molecular formula is C22H27N3O3S2. The van der Waals surface area contributed by atoms with Gasteiger partial charge in [0.25, 0.3) is 5.56 Å². The maximum atomic E-state index is 13.3. The highest BCUT2D eigenvalue weighted by Gasteiger charge is 2.19. The Morgan fingerprint density at radius 3 is 2.90 bits per heavy atom. The molecule has 0 saturated heterocycles. The van der Waals surface area contributed by atoms with Gasteiger partial charge in [-0.25, -0.2) is 4.98 Å². The topological polar surface area (TPSA) is 73.2 Å². The molecule has 30 heavy (non-hydrogen) atoms. The van der Waals surface area contributed by atoms with Crippen molar-refractivity contribution in [1.82, 2.24) is 14.9 Å². The zero-order valence-corrected chi connectivity index (χ0v) is 18.8. The fourth-order valence-electron chi connectivity index (χ4n) is 3.97. The number of amides is 1. The molecule has 1 N–H and O–H groups in total. The molecule has 4 rings (SSSR count). The van der Waals surface area contributed by atoms with Crippen molar-refractivity contribution in [3.8, 4) is 0 Å². The molecule has 1 saturated carbocycles. The Morgan fingerprint density at radius 1 is 1.30 bits per heavy atom. The third-order valence-electron chi connectivity index (χ3n) is 5.48. The minimum absolute atomic E-state index is 0.0138. The summed E-state index contributed by atoms with van der Waals surface area (Å²) in [6.07, 6.45) is 6.46. The number of hydrogen-bond acceptors (Lipinski definition) is 6. The van der Waals surface area contributed by atoms with Gasteiger partial charge in [-0.1, -0.05) is 49.2 Å². The Bertz CT molecular complexity index is 1090. The molecule has 0 radical (unpaired) electrons. The van der Waals surface area contributed by atoms with Crippen LogP contribution in [0.1, 0.15) is 38.5 Å². The van der Waals surface area contributed by atoms with Gasteiger partial charge in [0.05, 0.1) is 11.3 Å². The number of carbonyl (C=O) groups is 1. The van der Waals surface area contributed by atoms with Crippen LogP contribution in [0.5, 0.6) is 0 Å². The maximum Gasteiger partial charge on any atom is 0.272 e. The number of rotatable bonds is 8. The zero-order valence-electron chi connectivity index (χ0n) is 17.2. The van der Waals surface area contributed by atoms with Gasteiger partial charge in [-0.15, -0.1) is 11.3 Å². The second-order valence-corrected chi connectivity index (χ2v) is 9.66. The number of nitrogens with zero attached hydrogens (tertiary/aromatic N) is 2. The first-order valence-corrected chi connectivity index (χ1v) is 12.3. The quantitative estimate of drug-likeness (QED) is 0.320. The van der Waals surface area contributed by atoms with Crippen LogP contribution in [-0.2, 0) is 16.1 Å². The van der Waals surface area contributed by atoms with Gasteiger partial charge in [0.15, 0.2) is 5.16 Å². The molecule has 8 heteroatoms. The summed E-state index contributed by atoms with van der Waals surface area (Å²) in [7, 11) is 1.65. The van der Waals surface area contributed by atoms with Crippen molar-refractivity contribution in [2.24, 2.45) is 0 Å². The molecule has 0 aliphatic heterocycles. The molecule has 160 valence electrons. The summed E-state index contributed by atoms with van der Waals surface area (Å²) in [4.78, 5) is 30.6. The number of nitrogens with one attached hydrogen (secondary N) is 1. The van der Waals surface area contributed by atoms with Crippen molar-refractivity contribution in [2.75, 3.05) is 19.5 Å². The standard InChI is InChI=1S/C22H27N3O3S2/c1-28-13-7-12-25-21(27)20-19(16-10-5-6-11-17(16)30-20)24-22(25)29-14-18(26)23-15-8-3-2-4-9-15/h5-6,10-11,15H,2-4,7-9,12-14H2,1H3,(H,23,26). The summed E-state index contributed by atoms with van der Waals surface area (Å²) in [6.45, 7) is 1.10. The van der Waals surface area contributed by atoms with Crippen LogP contribution in [0.25, 0.3) is 20.3 Å². The molecule has 6 nitrogen and oxygen atoms in total. The molecule has 3 aromatic rings. The highest BCUT2D eigenvalue weighted by molar-refractivity contribution is 7.99. The third kappa shape index (κ3) is 4.71. The van der Waals surface area contributed by atoms with E-state index in [1.807, 2.05) is 24.3 Å². The summed E-state index contributed by atoms with van der Waals surface area (Å²) in [5.41, 5.74) is 0.700. The SMILES string of the molecule is COCCCn1c(SCC(=O)NC2CCCCC2)nc2c(sc3ccccc32)c1=O. The average molecular weight is 446 g/mol. The van der Waals surface area contributed by atoms with Crippen LogP contribution in [0.15, 0.2) is 34.2 Å². The molecule has 1 amide bonds. The van der Waals surface area contributed by atoms with Gasteiger partial charge in [-0.3, -0.25) is 14.2 Å². The van der Waals surface area contributed by atoms with Gasteiger partial charge in [0, 0.05) is 36.4 Å². The second-order valence-electron chi connectivity index (χ2n) is 7.66. The molecule has 2 aromatic heterocycles. The Hall–Kier alpha value is -1.90. The van der Waals surface area contributed by atoms with E-state index in [1.165, 1.54) is 42.4 Å². The predicted octanol–water partition coefficient (Wildman–Crippen LogP) is 4.19. The monoisotopic (exact) mass is 445 g/mol. The van der Waals surface area contributed by atoms with E-state index < -0.39 is 0 Å². The molecule has 0 spiro atoms. The number of ether oxygens (including phenoxy) is 1. The molecule has 1 fully saturated rings. The van der Waals surface area contributed by atoms with Gasteiger partial charge in [0.1, 0.15) is 4.70 Å². The van der Waals surface area contributed by atoms with E-state index in [9.17, 15) is 9.59 Å². The predicted molar refractivity (Wildman–Crippen MR) is 124 cm³/mol. The lowest BCUT2D eigenvalue weighted by molar-refractivity contribution is -0.119. The van der Waals surface area contributed by atoms with Crippen LogP contribution in [0, 0.1) is 0 Å². The van der Waals surface area contributed by atoms with E-state index in [-0.39, 0.29) is 23.3 Å². The summed E-state index contributed by atoms with van der Waals surface area (Å²) in [5.74, 6) is 0.278. The van der Waals surface area contributed by atoms with Crippen molar-refractivity contribution < 1.29 is 9.53 Å². The number of aromatic nitrogens is 2. The lowest BCUT2D eigenvalue weighted by Crippen LogP contribution is -2.37. The van der Waals surface area contributed by atoms with Crippen LogP contribution in [0.4, 0.5) is 0 Å². The highest BCUT2D eigenvalue weighted by atomic mass is 32.2. The molecule has 0 atom stereocenters. The fourth-order valence-corrected chi connectivity index (χ4v) is 5.89. The Balaban J connectivity index is 1.60. The highest BCUT2D eigenvalue weighted by Crippen LogP contribution is 2.31. The van der Waals surface area contributed by atoms with Crippen molar-refractivity contribution in [3.05, 3.63) is 34.6 Å². The van der Waals surface area contributed by atoms with E-state index in [0.717, 1.165) is 34.9 Å². The smallest absolute Gasteiger partial charge is 0.272 e. The molecular weight excluding hydrogens is 418 g/mol. The van der Waals surface area contributed by atoms with Gasteiger partial charge in [-0.2, -0.15) is 0 Å². The number of thioether (sulfide) groups is 1. The Kier molecular flexibility index (Phi) is 7.07. The summed E-state index contributed by atoms with van der Waals surface area (Å²) < 4.78 is 8.59. The molecule has 2 heterocycles. The number of fused-ring (bicyclic) bond motifs is 3. The average Bonchev–Trinajstić information content (AvgIpc) is 3.14. The van der Waals surface area contributed by atoms with Crippen molar-refractivity contribution in [2.45, 2.75) is 56.3 Å². The molecule has 0 bridgehead atoms. The normalized spacial score (nSPS) is 15.1. The second kappa shape index (κ2) is 9.94. The summed E-state index contributed by atoms with van der Waals surface area (Å²) in [5, 5.41) is 4.74. The first-order valence-electron chi connectivity index (χ1n) is 10.5. The lowest BCUT2D eigenvalue weighted by atomic mass is 9.95. The van der Waals surface area contributed by atoms with Crippen molar-refractivity contribution in [1.29, 1.82) is 0 Å². The van der Waals surface area contributed by atoms with Crippen LogP contribution in [-0.4, -0.2) is 41.0 Å². The van der Waals surface area contributed by atoms with Gasteiger partial charge >= 0.3 is 0 Å². The number of carbonyl (C=O) groups excluding carboxylic acids is 1. The summed E-state index contributed by atoms with van der Waals surface area (Å²) >= 11 is 2.83.